The molecule has 0 radical (unpaired) electrons. The summed E-state index contributed by atoms with van der Waals surface area (Å²) in [5, 5.41) is 9.64. The van der Waals surface area contributed by atoms with E-state index >= 15 is 0 Å². The molecule has 27 heavy (non-hydrogen) atoms. The number of benzene rings is 1. The lowest BCUT2D eigenvalue weighted by atomic mass is 9.97. The molecule has 0 aliphatic carbocycles. The molecule has 1 aromatic carbocycles. The van der Waals surface area contributed by atoms with Gasteiger partial charge in [0.15, 0.2) is 5.16 Å². The third kappa shape index (κ3) is 3.75. The predicted molar refractivity (Wildman–Crippen MR) is 108 cm³/mol. The van der Waals surface area contributed by atoms with Gasteiger partial charge in [-0.3, -0.25) is 9.69 Å². The number of nitrogens with zero attached hydrogens (tertiary/aromatic N) is 5. The van der Waals surface area contributed by atoms with E-state index in [4.69, 9.17) is 0 Å². The van der Waals surface area contributed by atoms with E-state index in [9.17, 15) is 4.79 Å². The topological polar surface area (TPSA) is 54.3 Å². The predicted octanol–water partition coefficient (Wildman–Crippen LogP) is 2.70. The largest absolute Gasteiger partial charge is 0.311 e. The van der Waals surface area contributed by atoms with Crippen LogP contribution >= 0.6 is 11.8 Å². The minimum absolute atomic E-state index is 0.213. The van der Waals surface area contributed by atoms with Crippen LogP contribution in [0.2, 0.25) is 0 Å². The average Bonchev–Trinajstić information content (AvgIpc) is 3.08. The number of aromatic nitrogens is 3. The molecule has 1 aromatic heterocycles. The van der Waals surface area contributed by atoms with Gasteiger partial charge in [-0.25, -0.2) is 0 Å². The average molecular weight is 386 g/mol. The van der Waals surface area contributed by atoms with Gasteiger partial charge in [-0.05, 0) is 50.1 Å². The Morgan fingerprint density at radius 3 is 2.89 bits per heavy atom. The fourth-order valence-corrected chi connectivity index (χ4v) is 4.83. The second kappa shape index (κ2) is 8.02. The molecule has 1 fully saturated rings. The number of fused-ring (bicyclic) bond motifs is 1. The number of anilines is 1. The van der Waals surface area contributed by atoms with Crippen molar-refractivity contribution >= 4 is 23.4 Å². The van der Waals surface area contributed by atoms with Crippen molar-refractivity contribution in [3.05, 3.63) is 35.7 Å². The molecule has 0 N–H and O–H groups in total. The molecule has 2 aliphatic heterocycles. The Hall–Kier alpha value is -1.86. The Kier molecular flexibility index (Phi) is 5.50. The monoisotopic (exact) mass is 385 g/mol. The van der Waals surface area contributed by atoms with Crippen LogP contribution in [0.1, 0.15) is 36.6 Å². The summed E-state index contributed by atoms with van der Waals surface area (Å²) in [5.74, 6) is 1.60. The summed E-state index contributed by atoms with van der Waals surface area (Å²) < 4.78 is 2.10. The van der Waals surface area contributed by atoms with Gasteiger partial charge in [0.2, 0.25) is 5.91 Å². The maximum atomic E-state index is 13.0. The molecule has 2 aliphatic rings. The molecular weight excluding hydrogens is 358 g/mol. The second-order valence-corrected chi connectivity index (χ2v) is 8.23. The summed E-state index contributed by atoms with van der Waals surface area (Å²) in [6, 6.07) is 8.31. The van der Waals surface area contributed by atoms with Gasteiger partial charge >= 0.3 is 0 Å². The standard InChI is InChI=1S/C20H27N5OS/c1-23-19(21-22-20(23)27-2)16-9-5-11-24(13-16)14-18(26)25-12-6-8-15-7-3-4-10-17(15)25/h3-4,7,10,16H,5-6,8-9,11-14H2,1-2H3/t16-/m1/s1. The second-order valence-electron chi connectivity index (χ2n) is 7.46. The number of hydrogen-bond donors (Lipinski definition) is 0. The van der Waals surface area contributed by atoms with Crippen molar-refractivity contribution < 1.29 is 4.79 Å². The quantitative estimate of drug-likeness (QED) is 0.758. The van der Waals surface area contributed by atoms with Crippen LogP contribution in [-0.4, -0.2) is 58.0 Å². The molecule has 1 amide bonds. The maximum absolute atomic E-state index is 13.0. The highest BCUT2D eigenvalue weighted by Crippen LogP contribution is 2.29. The van der Waals surface area contributed by atoms with Crippen molar-refractivity contribution in [1.29, 1.82) is 0 Å². The Morgan fingerprint density at radius 2 is 2.07 bits per heavy atom. The van der Waals surface area contributed by atoms with Gasteiger partial charge in [-0.15, -0.1) is 10.2 Å². The first-order chi connectivity index (χ1) is 13.2. The molecule has 144 valence electrons. The number of thioether (sulfide) groups is 1. The highest BCUT2D eigenvalue weighted by atomic mass is 32.2. The first kappa shape index (κ1) is 18.5. The van der Waals surface area contributed by atoms with Crippen molar-refractivity contribution in [2.45, 2.75) is 36.8 Å². The van der Waals surface area contributed by atoms with Crippen molar-refractivity contribution in [3.8, 4) is 0 Å². The molecule has 0 unspecified atom stereocenters. The molecule has 2 aromatic rings. The van der Waals surface area contributed by atoms with Crippen molar-refractivity contribution in [2.24, 2.45) is 7.05 Å². The summed E-state index contributed by atoms with van der Waals surface area (Å²) in [6.07, 6.45) is 6.33. The third-order valence-corrected chi connectivity index (χ3v) is 6.41. The van der Waals surface area contributed by atoms with Crippen LogP contribution in [0.4, 0.5) is 5.69 Å². The van der Waals surface area contributed by atoms with E-state index in [0.717, 1.165) is 62.0 Å². The minimum atomic E-state index is 0.213. The summed E-state index contributed by atoms with van der Waals surface area (Å²) >= 11 is 1.62. The Morgan fingerprint density at radius 1 is 1.22 bits per heavy atom. The van der Waals surface area contributed by atoms with E-state index in [1.807, 2.05) is 24.3 Å². The Bertz CT molecular complexity index is 820. The molecule has 3 heterocycles. The van der Waals surface area contributed by atoms with Gasteiger partial charge < -0.3 is 9.47 Å². The van der Waals surface area contributed by atoms with Gasteiger partial charge in [-0.2, -0.15) is 0 Å². The third-order valence-electron chi connectivity index (χ3n) is 5.69. The van der Waals surface area contributed by atoms with E-state index in [1.54, 1.807) is 11.8 Å². The zero-order valence-corrected chi connectivity index (χ0v) is 16.9. The Labute approximate surface area is 164 Å². The van der Waals surface area contributed by atoms with Gasteiger partial charge in [0, 0.05) is 31.7 Å². The lowest BCUT2D eigenvalue weighted by Gasteiger charge is -2.35. The van der Waals surface area contributed by atoms with Crippen LogP contribution in [0.15, 0.2) is 29.4 Å². The van der Waals surface area contributed by atoms with E-state index in [0.29, 0.717) is 12.5 Å². The number of rotatable bonds is 4. The molecule has 4 rings (SSSR count). The van der Waals surface area contributed by atoms with Gasteiger partial charge in [0.05, 0.1) is 6.54 Å². The lowest BCUT2D eigenvalue weighted by molar-refractivity contribution is -0.120. The smallest absolute Gasteiger partial charge is 0.241 e. The van der Waals surface area contributed by atoms with Crippen LogP contribution in [0, 0.1) is 0 Å². The van der Waals surface area contributed by atoms with E-state index in [2.05, 4.69) is 37.9 Å². The fraction of sp³-hybridized carbons (Fsp3) is 0.550. The normalized spacial score (nSPS) is 20.5. The van der Waals surface area contributed by atoms with Crippen LogP contribution < -0.4 is 4.90 Å². The zero-order chi connectivity index (χ0) is 18.8. The lowest BCUT2D eigenvalue weighted by Crippen LogP contribution is -2.45. The number of hydrogen-bond acceptors (Lipinski definition) is 5. The molecule has 1 atom stereocenters. The van der Waals surface area contributed by atoms with E-state index in [1.165, 1.54) is 5.56 Å². The molecule has 0 spiro atoms. The number of amides is 1. The molecule has 0 bridgehead atoms. The van der Waals surface area contributed by atoms with Crippen molar-refractivity contribution in [3.63, 3.8) is 0 Å². The zero-order valence-electron chi connectivity index (χ0n) is 16.1. The molecule has 6 nitrogen and oxygen atoms in total. The molecule has 1 saturated heterocycles. The van der Waals surface area contributed by atoms with Crippen LogP contribution in [0.3, 0.4) is 0 Å². The number of piperidine rings is 1. The van der Waals surface area contributed by atoms with Crippen LogP contribution in [-0.2, 0) is 18.3 Å². The number of likely N-dealkylation sites (tertiary alicyclic amines) is 1. The number of carbonyl (C=O) groups is 1. The highest BCUT2D eigenvalue weighted by molar-refractivity contribution is 7.98. The van der Waals surface area contributed by atoms with Crippen LogP contribution in [0.25, 0.3) is 0 Å². The Balaban J connectivity index is 1.44. The number of carbonyl (C=O) groups excluding carboxylic acids is 1. The molecule has 7 heteroatoms. The fourth-order valence-electron chi connectivity index (χ4n) is 4.34. The summed E-state index contributed by atoms with van der Waals surface area (Å²) in [7, 11) is 2.04. The van der Waals surface area contributed by atoms with Crippen LogP contribution in [0.5, 0.6) is 0 Å². The van der Waals surface area contributed by atoms with Crippen molar-refractivity contribution in [1.82, 2.24) is 19.7 Å². The number of para-hydroxylation sites is 1. The van der Waals surface area contributed by atoms with Gasteiger partial charge in [0.25, 0.3) is 0 Å². The van der Waals surface area contributed by atoms with E-state index < -0.39 is 0 Å². The highest BCUT2D eigenvalue weighted by Gasteiger charge is 2.29. The number of aryl methyl sites for hydroxylation is 1. The first-order valence-electron chi connectivity index (χ1n) is 9.71. The van der Waals surface area contributed by atoms with Gasteiger partial charge in [0.1, 0.15) is 5.82 Å². The molecule has 0 saturated carbocycles. The maximum Gasteiger partial charge on any atom is 0.241 e. The SMILES string of the molecule is CSc1nnc([C@@H]2CCCN(CC(=O)N3CCCc4ccccc43)C2)n1C. The summed E-state index contributed by atoms with van der Waals surface area (Å²) in [4.78, 5) is 17.3. The molecular formula is C20H27N5OS. The van der Waals surface area contributed by atoms with Crippen molar-refractivity contribution in [2.75, 3.05) is 37.3 Å². The minimum Gasteiger partial charge on any atom is -0.311 e. The summed E-state index contributed by atoms with van der Waals surface area (Å²) in [6.45, 7) is 3.16. The van der Waals surface area contributed by atoms with E-state index in [-0.39, 0.29) is 5.91 Å². The summed E-state index contributed by atoms with van der Waals surface area (Å²) in [5.41, 5.74) is 2.39. The van der Waals surface area contributed by atoms with Gasteiger partial charge in [-0.1, -0.05) is 30.0 Å². The first-order valence-corrected chi connectivity index (χ1v) is 10.9.